The topological polar surface area (TPSA) is 175 Å². The molecule has 0 bridgehead atoms. The minimum Gasteiger partial charge on any atom is -0.454 e. The number of allylic oxidation sites excluding steroid dienone is 5. The van der Waals surface area contributed by atoms with E-state index in [0.29, 0.717) is 12.8 Å². The second kappa shape index (κ2) is 55.4. The number of ether oxygens (including phenoxy) is 3. The first kappa shape index (κ1) is 73.9. The van der Waals surface area contributed by atoms with Crippen LogP contribution in [0.3, 0.4) is 0 Å². The van der Waals surface area contributed by atoms with E-state index in [1.807, 2.05) is 6.08 Å². The average molecular weight is 1100 g/mol. The third-order valence-electron chi connectivity index (χ3n) is 15.8. The highest BCUT2D eigenvalue weighted by Gasteiger charge is 2.47. The predicted molar refractivity (Wildman–Crippen MR) is 324 cm³/mol. The summed E-state index contributed by atoms with van der Waals surface area (Å²) in [5.41, 5.74) is 0. The Morgan fingerprint density at radius 2 is 0.846 bits per heavy atom. The maximum absolute atomic E-state index is 13.4. The summed E-state index contributed by atoms with van der Waals surface area (Å²) in [5, 5.41) is 57.0. The molecule has 1 fully saturated rings. The van der Waals surface area contributed by atoms with Crippen LogP contribution in [0, 0.1) is 0 Å². The van der Waals surface area contributed by atoms with Gasteiger partial charge >= 0.3 is 5.97 Å². The van der Waals surface area contributed by atoms with Crippen LogP contribution in [0.2, 0.25) is 0 Å². The van der Waals surface area contributed by atoms with E-state index in [0.717, 1.165) is 57.8 Å². The first-order chi connectivity index (χ1) is 38.2. The van der Waals surface area contributed by atoms with Crippen LogP contribution in [0.25, 0.3) is 0 Å². The number of esters is 1. The molecule has 8 unspecified atom stereocenters. The molecule has 0 aromatic rings. The van der Waals surface area contributed by atoms with E-state index in [4.69, 9.17) is 14.2 Å². The molecule has 0 spiro atoms. The van der Waals surface area contributed by atoms with Crippen LogP contribution in [-0.2, 0) is 23.8 Å². The summed E-state index contributed by atoms with van der Waals surface area (Å²) < 4.78 is 17.6. The molecule has 1 saturated heterocycles. The largest absolute Gasteiger partial charge is 0.454 e. The molecule has 0 radical (unpaired) electrons. The van der Waals surface area contributed by atoms with E-state index < -0.39 is 67.4 Å². The lowest BCUT2D eigenvalue weighted by Crippen LogP contribution is -2.61. The van der Waals surface area contributed by atoms with Crippen molar-refractivity contribution in [3.63, 3.8) is 0 Å². The molecule has 1 aliphatic heterocycles. The lowest BCUT2D eigenvalue weighted by Gasteiger charge is -2.41. The minimum absolute atomic E-state index is 0.125. The molecule has 1 amide bonds. The van der Waals surface area contributed by atoms with Gasteiger partial charge in [0.05, 0.1) is 25.4 Å². The van der Waals surface area contributed by atoms with Gasteiger partial charge in [-0.1, -0.05) is 269 Å². The van der Waals surface area contributed by atoms with Crippen molar-refractivity contribution in [1.29, 1.82) is 0 Å². The Bertz CT molecular complexity index is 1410. The van der Waals surface area contributed by atoms with Crippen molar-refractivity contribution < 1.29 is 49.3 Å². The molecule has 8 atom stereocenters. The normalized spacial score (nSPS) is 19.1. The Balaban J connectivity index is 2.56. The van der Waals surface area contributed by atoms with Gasteiger partial charge in [-0.2, -0.15) is 0 Å². The summed E-state index contributed by atoms with van der Waals surface area (Å²) in [6.07, 6.45) is 56.3. The van der Waals surface area contributed by atoms with E-state index in [1.54, 1.807) is 6.08 Å². The number of nitrogens with one attached hydrogen (secondary N) is 1. The van der Waals surface area contributed by atoms with E-state index in [-0.39, 0.29) is 19.4 Å². The summed E-state index contributed by atoms with van der Waals surface area (Å²) in [5.74, 6) is -1.20. The first-order valence-electron chi connectivity index (χ1n) is 33.3. The van der Waals surface area contributed by atoms with Crippen LogP contribution in [-0.4, -0.2) is 99.6 Å². The van der Waals surface area contributed by atoms with E-state index in [1.165, 1.54) is 212 Å². The van der Waals surface area contributed by atoms with Crippen LogP contribution >= 0.6 is 0 Å². The zero-order chi connectivity index (χ0) is 56.8. The second-order valence-electron chi connectivity index (χ2n) is 23.2. The Morgan fingerprint density at radius 3 is 1.24 bits per heavy atom. The maximum Gasteiger partial charge on any atom is 0.306 e. The van der Waals surface area contributed by atoms with Crippen molar-refractivity contribution in [2.75, 3.05) is 13.2 Å². The van der Waals surface area contributed by atoms with Gasteiger partial charge in [0, 0.05) is 6.42 Å². The molecule has 6 N–H and O–H groups in total. The molecule has 11 heteroatoms. The van der Waals surface area contributed by atoms with Crippen molar-refractivity contribution >= 4 is 11.9 Å². The van der Waals surface area contributed by atoms with Gasteiger partial charge < -0.3 is 45.1 Å². The lowest BCUT2D eigenvalue weighted by atomic mass is 9.99. The Labute approximate surface area is 479 Å². The van der Waals surface area contributed by atoms with Gasteiger partial charge in [0.25, 0.3) is 0 Å². The van der Waals surface area contributed by atoms with Crippen molar-refractivity contribution in [2.24, 2.45) is 0 Å². The summed E-state index contributed by atoms with van der Waals surface area (Å²) >= 11 is 0. The highest BCUT2D eigenvalue weighted by molar-refractivity contribution is 5.80. The number of hydrogen-bond donors (Lipinski definition) is 6. The highest BCUT2D eigenvalue weighted by atomic mass is 16.7. The van der Waals surface area contributed by atoms with E-state index >= 15 is 0 Å². The fourth-order valence-electron chi connectivity index (χ4n) is 10.5. The number of unbranched alkanes of at least 4 members (excludes halogenated alkanes) is 39. The molecule has 78 heavy (non-hydrogen) atoms. The Morgan fingerprint density at radius 1 is 0.487 bits per heavy atom. The van der Waals surface area contributed by atoms with Gasteiger partial charge in [-0.25, -0.2) is 0 Å². The van der Waals surface area contributed by atoms with Gasteiger partial charge in [-0.3, -0.25) is 9.59 Å². The standard InChI is InChI=1S/C67H125NO10/c1-4-7-10-13-16-19-22-25-26-27-28-29-30-31-32-33-34-35-36-37-40-43-46-49-52-55-62(72)78-65-64(74)63(73)61(56-69)77-67(65)76-57-58(59(70)53-50-47-44-41-38-23-20-17-14-11-8-5-2)68-66(75)60(71)54-51-48-45-42-39-24-21-18-15-12-9-6-3/h25-26,39,42,50,53,58-61,63-65,67,69-71,73-74H,4-24,27-38,40-41,43-49,51-52,54-57H2,1-3H3,(H,68,75)/b26-25+,42-39-,53-50+. The van der Waals surface area contributed by atoms with Crippen molar-refractivity contribution in [3.8, 4) is 0 Å². The summed E-state index contributed by atoms with van der Waals surface area (Å²) in [6.45, 7) is 5.79. The molecular formula is C67H125NO10. The number of amides is 1. The Hall–Kier alpha value is -2.12. The quantitative estimate of drug-likeness (QED) is 0.0195. The molecule has 1 heterocycles. The van der Waals surface area contributed by atoms with Crippen LogP contribution in [0.5, 0.6) is 0 Å². The zero-order valence-electron chi connectivity index (χ0n) is 50.8. The molecule has 1 rings (SSSR count). The van der Waals surface area contributed by atoms with Crippen LogP contribution < -0.4 is 5.32 Å². The fraction of sp³-hybridized carbons (Fsp3) is 0.881. The summed E-state index contributed by atoms with van der Waals surface area (Å²) in [7, 11) is 0. The predicted octanol–water partition coefficient (Wildman–Crippen LogP) is 16.2. The van der Waals surface area contributed by atoms with Crippen molar-refractivity contribution in [3.05, 3.63) is 36.5 Å². The molecule has 1 aliphatic rings. The third kappa shape index (κ3) is 42.7. The minimum atomic E-state index is -1.61. The van der Waals surface area contributed by atoms with Crippen molar-refractivity contribution in [1.82, 2.24) is 5.32 Å². The van der Waals surface area contributed by atoms with Crippen LogP contribution in [0.4, 0.5) is 0 Å². The number of carbonyl (C=O) groups excluding carboxylic acids is 2. The molecular weight excluding hydrogens is 979 g/mol. The van der Waals surface area contributed by atoms with Gasteiger partial charge in [-0.05, 0) is 77.0 Å². The zero-order valence-corrected chi connectivity index (χ0v) is 50.8. The van der Waals surface area contributed by atoms with Crippen LogP contribution in [0.1, 0.15) is 316 Å². The molecule has 0 saturated carbocycles. The monoisotopic (exact) mass is 1100 g/mol. The van der Waals surface area contributed by atoms with Crippen LogP contribution in [0.15, 0.2) is 36.5 Å². The van der Waals surface area contributed by atoms with E-state index in [9.17, 15) is 35.1 Å². The lowest BCUT2D eigenvalue weighted by molar-refractivity contribution is -0.305. The number of aliphatic hydroxyl groups excluding tert-OH is 5. The molecule has 0 aromatic heterocycles. The number of carbonyl (C=O) groups is 2. The van der Waals surface area contributed by atoms with Gasteiger partial charge in [0.15, 0.2) is 12.4 Å². The number of hydrogen-bond acceptors (Lipinski definition) is 10. The first-order valence-corrected chi connectivity index (χ1v) is 33.3. The highest BCUT2D eigenvalue weighted by Crippen LogP contribution is 2.26. The smallest absolute Gasteiger partial charge is 0.306 e. The third-order valence-corrected chi connectivity index (χ3v) is 15.8. The van der Waals surface area contributed by atoms with Gasteiger partial charge in [-0.15, -0.1) is 0 Å². The van der Waals surface area contributed by atoms with Gasteiger partial charge in [0.2, 0.25) is 5.91 Å². The average Bonchev–Trinajstić information content (AvgIpc) is 3.45. The maximum atomic E-state index is 13.4. The Kier molecular flexibility index (Phi) is 52.5. The van der Waals surface area contributed by atoms with Crippen molar-refractivity contribution in [2.45, 2.75) is 365 Å². The number of aliphatic hydroxyl groups is 5. The summed E-state index contributed by atoms with van der Waals surface area (Å²) in [6, 6.07) is -1.03. The summed E-state index contributed by atoms with van der Waals surface area (Å²) in [4.78, 5) is 26.5. The molecule has 11 nitrogen and oxygen atoms in total. The fourth-order valence-corrected chi connectivity index (χ4v) is 10.5. The number of rotatable bonds is 57. The second-order valence-corrected chi connectivity index (χ2v) is 23.2. The molecule has 0 aromatic carbocycles. The van der Waals surface area contributed by atoms with Gasteiger partial charge in [0.1, 0.15) is 24.4 Å². The molecule has 0 aliphatic carbocycles. The molecule has 458 valence electrons. The SMILES string of the molecule is CCCCCCCC/C=C\CCCCC(O)C(=O)NC(COC1OC(CO)C(O)C(O)C1OC(=O)CCCCCCCCCCCCCCCCC/C=C/CCCCCCCC)C(O)/C=C/CCCCCCCCCCCC. The van der Waals surface area contributed by atoms with E-state index in [2.05, 4.69) is 50.4 Å².